The van der Waals surface area contributed by atoms with Gasteiger partial charge in [0.1, 0.15) is 24.8 Å². The lowest BCUT2D eigenvalue weighted by atomic mass is 9.45. The van der Waals surface area contributed by atoms with Crippen molar-refractivity contribution in [3.63, 3.8) is 0 Å². The molecule has 7 rings (SSSR count). The van der Waals surface area contributed by atoms with E-state index >= 15 is 8.78 Å². The monoisotopic (exact) mass is 724 g/mol. The van der Waals surface area contributed by atoms with Crippen LogP contribution in [0.4, 0.5) is 18.0 Å². The van der Waals surface area contributed by atoms with Gasteiger partial charge in [-0.05, 0) is 51.2 Å². The molecule has 0 amide bonds. The minimum absolute atomic E-state index is 0.00573. The van der Waals surface area contributed by atoms with E-state index in [4.69, 9.17) is 23.7 Å². The zero-order valence-electron chi connectivity index (χ0n) is 28.3. The molecule has 1 aromatic rings. The average Bonchev–Trinajstić information content (AvgIpc) is 3.64. The maximum atomic E-state index is 17.6. The number of fused-ring (bicyclic) bond motifs is 7. The van der Waals surface area contributed by atoms with Crippen molar-refractivity contribution in [3.8, 4) is 0 Å². The van der Waals surface area contributed by atoms with Crippen LogP contribution >= 0.6 is 0 Å². The van der Waals surface area contributed by atoms with Gasteiger partial charge in [0, 0.05) is 36.0 Å². The summed E-state index contributed by atoms with van der Waals surface area (Å²) in [7, 11) is 0. The number of alkyl halides is 1. The van der Waals surface area contributed by atoms with E-state index in [1.54, 1.807) is 25.8 Å². The summed E-state index contributed by atoms with van der Waals surface area (Å²) in [5.74, 6) is -6.17. The fourth-order valence-electron chi connectivity index (χ4n) is 9.91. The van der Waals surface area contributed by atoms with Crippen LogP contribution in [-0.2, 0) is 33.3 Å². The van der Waals surface area contributed by atoms with Crippen molar-refractivity contribution in [1.82, 2.24) is 9.55 Å². The van der Waals surface area contributed by atoms with Crippen LogP contribution in [0.5, 0.6) is 0 Å². The van der Waals surface area contributed by atoms with Gasteiger partial charge in [0.25, 0.3) is 5.56 Å². The van der Waals surface area contributed by atoms with Crippen LogP contribution in [0, 0.1) is 28.5 Å². The highest BCUT2D eigenvalue weighted by Gasteiger charge is 2.80. The first kappa shape index (κ1) is 35.7. The summed E-state index contributed by atoms with van der Waals surface area (Å²) in [5, 5.41) is 22.1. The number of aliphatic hydroxyl groups excluding tert-OH is 2. The number of allylic oxidation sites excluding steroid dienone is 4. The van der Waals surface area contributed by atoms with Gasteiger partial charge in [-0.2, -0.15) is 4.39 Å². The molecule has 11 atom stereocenters. The number of nitrogens with zero attached hydrogens (tertiary/aromatic N) is 1. The number of Topliss-reactive ketones (excluding diaryl/α,β-unsaturated/α-hetero) is 1. The Balaban J connectivity index is 1.07. The first-order chi connectivity index (χ1) is 23.8. The Labute approximate surface area is 288 Å². The van der Waals surface area contributed by atoms with Gasteiger partial charge in [-0.25, -0.2) is 18.4 Å². The molecule has 0 spiro atoms. The highest BCUT2D eigenvalue weighted by Crippen LogP contribution is 2.72. The molecular weight excluding hydrogens is 685 g/mol. The van der Waals surface area contributed by atoms with Crippen molar-refractivity contribution in [1.29, 1.82) is 0 Å². The van der Waals surface area contributed by atoms with Crippen molar-refractivity contribution in [2.45, 2.75) is 107 Å². The predicted molar refractivity (Wildman–Crippen MR) is 165 cm³/mol. The van der Waals surface area contributed by atoms with E-state index in [1.165, 1.54) is 19.1 Å². The third-order valence-corrected chi connectivity index (χ3v) is 12.2. The fourth-order valence-corrected chi connectivity index (χ4v) is 9.91. The van der Waals surface area contributed by atoms with Crippen molar-refractivity contribution >= 4 is 17.7 Å². The number of hydrogen-bond acceptors (Lipinski definition) is 12. The standard InChI is InChI=1S/C34H39F3N2O12/c1-30(2)50-25-9-16-17-8-19(35)18-7-15(40)5-6-31(18,3)33(17,37)23(42)11-32(16,4)34(25,51-30)24(43)14-48-29(46)47-13-22-21(41)10-26(49-22)39-12-20(36)27(44)38-28(39)45/h5-6,12,16-17,21-23,25-26,41-42H,7-11,13-14H2,1-4H3,(H,38,44,45)/t16?,17?,21?,22?,23-,25+,26?,31?,32?,33-,34+/m0/s1. The van der Waals surface area contributed by atoms with E-state index in [9.17, 15) is 38.6 Å². The van der Waals surface area contributed by atoms with E-state index in [0.29, 0.717) is 6.20 Å². The van der Waals surface area contributed by atoms with Crippen molar-refractivity contribution in [2.75, 3.05) is 13.2 Å². The molecule has 3 heterocycles. The molecule has 51 heavy (non-hydrogen) atoms. The maximum Gasteiger partial charge on any atom is 0.508 e. The Morgan fingerprint density at radius 1 is 1.08 bits per heavy atom. The number of aromatic nitrogens is 2. The van der Waals surface area contributed by atoms with Gasteiger partial charge in [-0.3, -0.25) is 23.9 Å². The second-order valence-electron chi connectivity index (χ2n) is 15.3. The second-order valence-corrected chi connectivity index (χ2v) is 15.3. The molecule has 0 aromatic carbocycles. The largest absolute Gasteiger partial charge is 0.508 e. The number of carbonyl (C=O) groups excluding carboxylic acids is 3. The average molecular weight is 725 g/mol. The van der Waals surface area contributed by atoms with Crippen molar-refractivity contribution < 1.29 is 61.5 Å². The molecule has 6 aliphatic rings. The first-order valence-corrected chi connectivity index (χ1v) is 16.8. The molecule has 14 nitrogen and oxygen atoms in total. The van der Waals surface area contributed by atoms with Crippen LogP contribution in [0.3, 0.4) is 0 Å². The lowest BCUT2D eigenvalue weighted by molar-refractivity contribution is -0.244. The van der Waals surface area contributed by atoms with Gasteiger partial charge in [0.15, 0.2) is 29.4 Å². The van der Waals surface area contributed by atoms with Gasteiger partial charge in [-0.15, -0.1) is 0 Å². The molecule has 3 N–H and O–H groups in total. The van der Waals surface area contributed by atoms with Crippen LogP contribution in [-0.4, -0.2) is 92.2 Å². The Morgan fingerprint density at radius 3 is 2.53 bits per heavy atom. The van der Waals surface area contributed by atoms with Crippen LogP contribution in [0.2, 0.25) is 0 Å². The number of aromatic amines is 1. The zero-order valence-corrected chi connectivity index (χ0v) is 28.3. The molecule has 4 fully saturated rings. The SMILES string of the molecule is CC1(C)O[C@@H]2CC3C4CC(F)=C5CC(=O)C=CC5(C)[C@@]4(F)[C@@H](O)CC3(C)[C@]2(C(=O)COC(=O)OCC2OC(n3cc(F)c(=O)[nH]c3=O)CC2O)O1. The Morgan fingerprint density at radius 2 is 1.80 bits per heavy atom. The highest BCUT2D eigenvalue weighted by molar-refractivity contribution is 5.94. The predicted octanol–water partition coefficient (Wildman–Crippen LogP) is 2.21. The molecule has 2 saturated carbocycles. The molecule has 0 bridgehead atoms. The number of ether oxygens (including phenoxy) is 5. The number of ketones is 2. The normalized spacial score (nSPS) is 42.2. The van der Waals surface area contributed by atoms with E-state index in [1.807, 2.05) is 0 Å². The van der Waals surface area contributed by atoms with E-state index in [2.05, 4.69) is 0 Å². The van der Waals surface area contributed by atoms with Gasteiger partial charge in [0.05, 0.1) is 24.5 Å². The maximum absolute atomic E-state index is 17.6. The lowest BCUT2D eigenvalue weighted by Gasteiger charge is -2.62. The molecule has 2 saturated heterocycles. The van der Waals surface area contributed by atoms with Crippen molar-refractivity contribution in [3.05, 3.63) is 56.4 Å². The van der Waals surface area contributed by atoms with Gasteiger partial charge in [0.2, 0.25) is 11.6 Å². The minimum Gasteiger partial charge on any atom is -0.431 e. The van der Waals surface area contributed by atoms with Gasteiger partial charge < -0.3 is 33.9 Å². The topological polar surface area (TPSA) is 193 Å². The molecule has 4 aliphatic carbocycles. The van der Waals surface area contributed by atoms with Gasteiger partial charge >= 0.3 is 11.8 Å². The zero-order chi connectivity index (χ0) is 37.1. The number of aliphatic hydroxyl groups is 2. The fraction of sp³-hybridized carbons (Fsp3) is 0.676. The minimum atomic E-state index is -2.39. The molecule has 17 heteroatoms. The highest BCUT2D eigenvalue weighted by atomic mass is 19.1. The third-order valence-electron chi connectivity index (χ3n) is 12.2. The van der Waals surface area contributed by atoms with E-state index in [-0.39, 0.29) is 37.0 Å². The van der Waals surface area contributed by atoms with Gasteiger partial charge in [-0.1, -0.05) is 13.0 Å². The Bertz CT molecular complexity index is 1880. The summed E-state index contributed by atoms with van der Waals surface area (Å²) in [6.45, 7) is 4.84. The molecule has 278 valence electrons. The van der Waals surface area contributed by atoms with E-state index < -0.39 is 125 Å². The summed E-state index contributed by atoms with van der Waals surface area (Å²) < 4.78 is 76.3. The summed E-state index contributed by atoms with van der Waals surface area (Å²) in [4.78, 5) is 64.3. The molecule has 0 radical (unpaired) electrons. The van der Waals surface area contributed by atoms with Crippen LogP contribution in [0.15, 0.2) is 39.3 Å². The van der Waals surface area contributed by atoms with Crippen LogP contribution in [0.1, 0.15) is 66.0 Å². The van der Waals surface area contributed by atoms with Crippen molar-refractivity contribution in [2.24, 2.45) is 22.7 Å². The molecule has 7 unspecified atom stereocenters. The van der Waals surface area contributed by atoms with Crippen LogP contribution < -0.4 is 11.2 Å². The third kappa shape index (κ3) is 5.05. The number of rotatable bonds is 6. The second kappa shape index (κ2) is 11.7. The number of halogens is 3. The Hall–Kier alpha value is -3.64. The summed E-state index contributed by atoms with van der Waals surface area (Å²) in [5.41, 5.74) is -9.37. The number of nitrogens with one attached hydrogen (secondary N) is 1. The summed E-state index contributed by atoms with van der Waals surface area (Å²) >= 11 is 0. The Kier molecular flexibility index (Phi) is 8.19. The summed E-state index contributed by atoms with van der Waals surface area (Å²) in [6, 6.07) is 0. The first-order valence-electron chi connectivity index (χ1n) is 16.8. The smallest absolute Gasteiger partial charge is 0.431 e. The molecule has 1 aromatic heterocycles. The lowest BCUT2D eigenvalue weighted by Crippen LogP contribution is -2.70. The number of carbonyl (C=O) groups is 3. The quantitative estimate of drug-likeness (QED) is 0.363. The van der Waals surface area contributed by atoms with Crippen LogP contribution in [0.25, 0.3) is 0 Å². The van der Waals surface area contributed by atoms with E-state index in [0.717, 1.165) is 4.57 Å². The number of hydrogen-bond donors (Lipinski definition) is 3. The number of H-pyrrole nitrogens is 1. The molecular formula is C34H39F3N2O12. The summed E-state index contributed by atoms with van der Waals surface area (Å²) in [6.07, 6.45) is -5.59. The molecule has 2 aliphatic heterocycles.